The topological polar surface area (TPSA) is 95.6 Å². The molecule has 0 fully saturated rings. The average molecular weight is 581 g/mol. The van der Waals surface area contributed by atoms with Crippen molar-refractivity contribution in [1.29, 1.82) is 0 Å². The lowest BCUT2D eigenvalue weighted by atomic mass is 9.95. The van der Waals surface area contributed by atoms with Crippen LogP contribution in [-0.4, -0.2) is 35.3 Å². The summed E-state index contributed by atoms with van der Waals surface area (Å²) in [5.74, 6) is -0.109. The third kappa shape index (κ3) is 5.66. The first kappa shape index (κ1) is 26.6. The number of nitrogens with zero attached hydrogens (tertiary/aromatic N) is 6. The zero-order valence-electron chi connectivity index (χ0n) is 21.6. The lowest BCUT2D eigenvalue weighted by Gasteiger charge is -2.20. The molecular weight excluding hydrogens is 559 g/mol. The molecule has 0 bridgehead atoms. The van der Waals surface area contributed by atoms with Crippen LogP contribution in [-0.2, 0) is 17.6 Å². The summed E-state index contributed by atoms with van der Waals surface area (Å²) in [6.07, 6.45) is 5.17. The minimum absolute atomic E-state index is 0.109. The molecule has 3 aromatic carbocycles. The Kier molecular flexibility index (Phi) is 7.41. The number of halogens is 2. The SMILES string of the molecule is O=C(Cc1cccc2ncccc12)[C@H](Cc1ccccc1)n1cnc(-c2cc(Cl)ccc2-n2cc(Cl)nn2)cc1=O. The molecule has 202 valence electrons. The number of benzene rings is 3. The van der Waals surface area contributed by atoms with Gasteiger partial charge in [0.2, 0.25) is 0 Å². The highest BCUT2D eigenvalue weighted by Gasteiger charge is 2.24. The van der Waals surface area contributed by atoms with Crippen LogP contribution in [0.15, 0.2) is 108 Å². The number of hydrogen-bond acceptors (Lipinski definition) is 6. The zero-order valence-corrected chi connectivity index (χ0v) is 23.1. The molecule has 8 nitrogen and oxygen atoms in total. The Balaban J connectivity index is 1.39. The molecule has 0 aliphatic heterocycles. The molecule has 0 saturated carbocycles. The van der Waals surface area contributed by atoms with Crippen LogP contribution in [0.1, 0.15) is 17.2 Å². The molecule has 10 heteroatoms. The van der Waals surface area contributed by atoms with Gasteiger partial charge in [0, 0.05) is 41.1 Å². The summed E-state index contributed by atoms with van der Waals surface area (Å²) < 4.78 is 2.89. The van der Waals surface area contributed by atoms with Gasteiger partial charge in [0.15, 0.2) is 10.9 Å². The molecule has 0 spiro atoms. The van der Waals surface area contributed by atoms with E-state index in [9.17, 15) is 9.59 Å². The van der Waals surface area contributed by atoms with Gasteiger partial charge in [-0.05, 0) is 41.5 Å². The number of rotatable bonds is 8. The van der Waals surface area contributed by atoms with Gasteiger partial charge in [-0.25, -0.2) is 9.67 Å². The van der Waals surface area contributed by atoms with Crippen molar-refractivity contribution in [3.63, 3.8) is 0 Å². The van der Waals surface area contributed by atoms with Crippen molar-refractivity contribution >= 4 is 39.9 Å². The van der Waals surface area contributed by atoms with Crippen molar-refractivity contribution in [2.24, 2.45) is 0 Å². The van der Waals surface area contributed by atoms with Gasteiger partial charge in [-0.15, -0.1) is 5.10 Å². The number of hydrogen-bond donors (Lipinski definition) is 0. The van der Waals surface area contributed by atoms with Crippen molar-refractivity contribution < 1.29 is 4.79 Å². The Labute approximate surface area is 244 Å². The van der Waals surface area contributed by atoms with Crippen LogP contribution in [0.5, 0.6) is 0 Å². The van der Waals surface area contributed by atoms with E-state index in [1.54, 1.807) is 30.6 Å². The number of fused-ring (bicyclic) bond motifs is 1. The van der Waals surface area contributed by atoms with Crippen LogP contribution in [0, 0.1) is 0 Å². The smallest absolute Gasteiger partial charge is 0.254 e. The maximum atomic E-state index is 13.9. The van der Waals surface area contributed by atoms with E-state index in [0.29, 0.717) is 28.4 Å². The number of pyridine rings is 1. The van der Waals surface area contributed by atoms with E-state index in [2.05, 4.69) is 20.3 Å². The molecular formula is C31H22Cl2N6O2. The van der Waals surface area contributed by atoms with E-state index in [1.165, 1.54) is 21.6 Å². The Hall–Kier alpha value is -4.66. The summed E-state index contributed by atoms with van der Waals surface area (Å²) in [4.78, 5) is 36.5. The summed E-state index contributed by atoms with van der Waals surface area (Å²) in [6.45, 7) is 0. The van der Waals surface area contributed by atoms with Crippen molar-refractivity contribution in [3.8, 4) is 16.9 Å². The maximum absolute atomic E-state index is 13.9. The van der Waals surface area contributed by atoms with E-state index >= 15 is 0 Å². The molecule has 3 aromatic heterocycles. The highest BCUT2D eigenvalue weighted by atomic mass is 35.5. The molecule has 0 N–H and O–H groups in total. The molecule has 0 radical (unpaired) electrons. The third-order valence-electron chi connectivity index (χ3n) is 6.86. The van der Waals surface area contributed by atoms with Crippen LogP contribution in [0.3, 0.4) is 0 Å². The van der Waals surface area contributed by atoms with Crippen molar-refractivity contribution in [1.82, 2.24) is 29.5 Å². The zero-order chi connectivity index (χ0) is 28.3. The first-order valence-electron chi connectivity index (χ1n) is 12.8. The Bertz CT molecular complexity index is 1930. The van der Waals surface area contributed by atoms with Gasteiger partial charge >= 0.3 is 0 Å². The van der Waals surface area contributed by atoms with Gasteiger partial charge in [0.05, 0.1) is 29.4 Å². The van der Waals surface area contributed by atoms with E-state index in [0.717, 1.165) is 22.0 Å². The largest absolute Gasteiger partial charge is 0.297 e. The fourth-order valence-electron chi connectivity index (χ4n) is 4.90. The number of aromatic nitrogens is 6. The summed E-state index contributed by atoms with van der Waals surface area (Å²) >= 11 is 12.3. The molecule has 0 saturated heterocycles. The van der Waals surface area contributed by atoms with Crippen LogP contribution in [0.4, 0.5) is 0 Å². The van der Waals surface area contributed by atoms with E-state index in [4.69, 9.17) is 23.2 Å². The number of carbonyl (C=O) groups excluding carboxylic acids is 1. The fraction of sp³-hybridized carbons (Fsp3) is 0.0968. The first-order chi connectivity index (χ1) is 20.0. The second kappa shape index (κ2) is 11.4. The van der Waals surface area contributed by atoms with Gasteiger partial charge in [-0.1, -0.05) is 76.9 Å². The molecule has 3 heterocycles. The third-order valence-corrected chi connectivity index (χ3v) is 7.27. The minimum Gasteiger partial charge on any atom is -0.297 e. The average Bonchev–Trinajstić information content (AvgIpc) is 3.42. The molecule has 1 atom stereocenters. The van der Waals surface area contributed by atoms with Crippen molar-refractivity contribution in [3.05, 3.63) is 135 Å². The highest BCUT2D eigenvalue weighted by Crippen LogP contribution is 2.28. The number of Topliss-reactive ketones (excluding diaryl/α,β-unsaturated/α-hetero) is 1. The van der Waals surface area contributed by atoms with Gasteiger partial charge in [-0.3, -0.25) is 19.1 Å². The molecule has 6 rings (SSSR count). The maximum Gasteiger partial charge on any atom is 0.254 e. The number of ketones is 1. The lowest BCUT2D eigenvalue weighted by molar-refractivity contribution is -0.121. The highest BCUT2D eigenvalue weighted by molar-refractivity contribution is 6.31. The van der Waals surface area contributed by atoms with Crippen LogP contribution >= 0.6 is 23.2 Å². The molecule has 0 aliphatic carbocycles. The molecule has 0 aliphatic rings. The second-order valence-corrected chi connectivity index (χ2v) is 10.3. The summed E-state index contributed by atoms with van der Waals surface area (Å²) in [5.41, 5.74) is 3.77. The molecule has 0 unspecified atom stereocenters. The summed E-state index contributed by atoms with van der Waals surface area (Å²) in [7, 11) is 0. The van der Waals surface area contributed by atoms with Crippen LogP contribution < -0.4 is 5.56 Å². The van der Waals surface area contributed by atoms with Crippen molar-refractivity contribution in [2.45, 2.75) is 18.9 Å². The predicted octanol–water partition coefficient (Wildman–Crippen LogP) is 5.94. The molecule has 41 heavy (non-hydrogen) atoms. The Morgan fingerprint density at radius 1 is 0.902 bits per heavy atom. The van der Waals surface area contributed by atoms with Crippen LogP contribution in [0.25, 0.3) is 27.8 Å². The second-order valence-electron chi connectivity index (χ2n) is 9.50. The van der Waals surface area contributed by atoms with Gasteiger partial charge in [-0.2, -0.15) is 0 Å². The molecule has 6 aromatic rings. The summed E-state index contributed by atoms with van der Waals surface area (Å²) in [6, 6.07) is 24.9. The first-order valence-corrected chi connectivity index (χ1v) is 13.6. The van der Waals surface area contributed by atoms with Crippen LogP contribution in [0.2, 0.25) is 10.2 Å². The van der Waals surface area contributed by atoms with Gasteiger partial charge < -0.3 is 0 Å². The lowest BCUT2D eigenvalue weighted by Crippen LogP contribution is -2.32. The fourth-order valence-corrected chi connectivity index (χ4v) is 5.20. The van der Waals surface area contributed by atoms with Gasteiger partial charge in [0.1, 0.15) is 6.04 Å². The predicted molar refractivity (Wildman–Crippen MR) is 159 cm³/mol. The van der Waals surface area contributed by atoms with E-state index in [-0.39, 0.29) is 22.9 Å². The van der Waals surface area contributed by atoms with E-state index < -0.39 is 6.04 Å². The molecule has 0 amide bonds. The van der Waals surface area contributed by atoms with Gasteiger partial charge in [0.25, 0.3) is 5.56 Å². The Morgan fingerprint density at radius 2 is 1.76 bits per heavy atom. The minimum atomic E-state index is -0.772. The summed E-state index contributed by atoms with van der Waals surface area (Å²) in [5, 5.41) is 9.46. The standard InChI is InChI=1S/C31H22Cl2N6O2/c32-22-11-12-27(39-18-30(33)36-37-39)24(16-22)26-17-31(41)38(19-35-26)28(14-20-6-2-1-3-7-20)29(40)15-21-8-4-10-25-23(21)9-5-13-34-25/h1-13,16-19,28H,14-15H2/t28-/m0/s1. The quantitative estimate of drug-likeness (QED) is 0.221. The van der Waals surface area contributed by atoms with Crippen molar-refractivity contribution in [2.75, 3.05) is 0 Å². The normalized spacial score (nSPS) is 12.0. The Morgan fingerprint density at radius 3 is 2.54 bits per heavy atom. The van der Waals surface area contributed by atoms with E-state index in [1.807, 2.05) is 60.7 Å². The monoisotopic (exact) mass is 580 g/mol. The number of carbonyl (C=O) groups is 1.